The average molecular weight is 308 g/mol. The van der Waals surface area contributed by atoms with Gasteiger partial charge >= 0.3 is 0 Å². The summed E-state index contributed by atoms with van der Waals surface area (Å²) in [6.07, 6.45) is 1.50. The highest BCUT2D eigenvalue weighted by molar-refractivity contribution is 7.89. The Bertz CT molecular complexity index is 695. The number of nitrogens with one attached hydrogen (secondary N) is 3. The Morgan fingerprint density at radius 1 is 1.29 bits per heavy atom. The van der Waals surface area contributed by atoms with Gasteiger partial charge in [0.25, 0.3) is 0 Å². The first-order valence-electron chi connectivity index (χ1n) is 6.81. The summed E-state index contributed by atoms with van der Waals surface area (Å²) in [5, 5.41) is 3.14. The van der Waals surface area contributed by atoms with Crippen molar-refractivity contribution in [2.24, 2.45) is 0 Å². The van der Waals surface area contributed by atoms with Gasteiger partial charge in [0.05, 0.1) is 17.1 Å². The molecule has 2 heterocycles. The molecule has 0 spiro atoms. The van der Waals surface area contributed by atoms with Crippen LogP contribution in [-0.4, -0.2) is 24.9 Å². The molecule has 0 radical (unpaired) electrons. The van der Waals surface area contributed by atoms with Gasteiger partial charge in [-0.3, -0.25) is 4.98 Å². The van der Waals surface area contributed by atoms with Crippen LogP contribution in [0.25, 0.3) is 0 Å². The predicted molar refractivity (Wildman–Crippen MR) is 81.2 cm³/mol. The number of sulfonamides is 1. The third-order valence-electron chi connectivity index (χ3n) is 2.98. The number of rotatable bonds is 7. The number of hydrogen-bond acceptors (Lipinski definition) is 4. The van der Waals surface area contributed by atoms with Crippen molar-refractivity contribution < 1.29 is 8.42 Å². The fourth-order valence-corrected chi connectivity index (χ4v) is 2.90. The second kappa shape index (κ2) is 6.84. The first kappa shape index (κ1) is 15.7. The second-order valence-electron chi connectivity index (χ2n) is 4.74. The molecular weight excluding hydrogens is 288 g/mol. The van der Waals surface area contributed by atoms with Crippen molar-refractivity contribution in [3.8, 4) is 0 Å². The number of H-pyrrole nitrogens is 1. The van der Waals surface area contributed by atoms with Gasteiger partial charge < -0.3 is 10.3 Å². The Hall–Kier alpha value is -1.70. The molecule has 6 nitrogen and oxygen atoms in total. The van der Waals surface area contributed by atoms with Crippen LogP contribution in [0.15, 0.2) is 35.4 Å². The van der Waals surface area contributed by atoms with Crippen LogP contribution < -0.4 is 10.0 Å². The van der Waals surface area contributed by atoms with Crippen LogP contribution >= 0.6 is 0 Å². The highest BCUT2D eigenvalue weighted by Gasteiger charge is 2.15. The molecule has 3 N–H and O–H groups in total. The van der Waals surface area contributed by atoms with Crippen LogP contribution in [0.2, 0.25) is 0 Å². The highest BCUT2D eigenvalue weighted by atomic mass is 32.2. The zero-order valence-electron chi connectivity index (χ0n) is 12.2. The molecule has 0 saturated carbocycles. The summed E-state index contributed by atoms with van der Waals surface area (Å²) in [6, 6.07) is 7.16. The minimum Gasteiger partial charge on any atom is -0.363 e. The average Bonchev–Trinajstić information content (AvgIpc) is 2.93. The van der Waals surface area contributed by atoms with Gasteiger partial charge in [0.2, 0.25) is 10.0 Å². The van der Waals surface area contributed by atoms with E-state index < -0.39 is 10.0 Å². The number of nitrogens with zero attached hydrogens (tertiary/aromatic N) is 1. The molecule has 0 unspecified atom stereocenters. The Labute approximate surface area is 125 Å². The van der Waals surface area contributed by atoms with Crippen molar-refractivity contribution in [2.75, 3.05) is 6.54 Å². The van der Waals surface area contributed by atoms with Gasteiger partial charge in [-0.2, -0.15) is 0 Å². The quantitative estimate of drug-likeness (QED) is 0.719. The van der Waals surface area contributed by atoms with E-state index in [-0.39, 0.29) is 11.4 Å². The van der Waals surface area contributed by atoms with Crippen molar-refractivity contribution in [1.29, 1.82) is 0 Å². The summed E-state index contributed by atoms with van der Waals surface area (Å²) >= 11 is 0. The number of aromatic amines is 1. The first-order chi connectivity index (χ1) is 10.0. The normalized spacial score (nSPS) is 11.7. The Kier molecular flexibility index (Phi) is 5.11. The molecule has 0 aliphatic heterocycles. The summed E-state index contributed by atoms with van der Waals surface area (Å²) in [6.45, 7) is 5.50. The summed E-state index contributed by atoms with van der Waals surface area (Å²) in [5.74, 6) is 0. The zero-order valence-corrected chi connectivity index (χ0v) is 13.0. The lowest BCUT2D eigenvalue weighted by atomic mass is 10.3. The Morgan fingerprint density at radius 2 is 2.10 bits per heavy atom. The van der Waals surface area contributed by atoms with Gasteiger partial charge in [-0.25, -0.2) is 13.1 Å². The SMILES string of the molecule is CCNCc1cc(S(=O)(=O)NCc2cccc(C)n2)c[nH]1. The lowest BCUT2D eigenvalue weighted by Crippen LogP contribution is -2.23. The molecule has 0 aliphatic rings. The monoisotopic (exact) mass is 308 g/mol. The van der Waals surface area contributed by atoms with E-state index in [4.69, 9.17) is 0 Å². The maximum Gasteiger partial charge on any atom is 0.242 e. The Balaban J connectivity index is 2.02. The van der Waals surface area contributed by atoms with Crippen molar-refractivity contribution in [2.45, 2.75) is 31.8 Å². The molecule has 2 aromatic heterocycles. The van der Waals surface area contributed by atoms with E-state index >= 15 is 0 Å². The van der Waals surface area contributed by atoms with E-state index in [0.717, 1.165) is 17.9 Å². The summed E-state index contributed by atoms with van der Waals surface area (Å²) < 4.78 is 27.0. The predicted octanol–water partition coefficient (Wildman–Crippen LogP) is 1.31. The fraction of sp³-hybridized carbons (Fsp3) is 0.357. The van der Waals surface area contributed by atoms with Gasteiger partial charge in [0.1, 0.15) is 0 Å². The van der Waals surface area contributed by atoms with E-state index in [1.54, 1.807) is 12.1 Å². The van der Waals surface area contributed by atoms with Crippen LogP contribution in [0, 0.1) is 6.92 Å². The van der Waals surface area contributed by atoms with Gasteiger partial charge in [0.15, 0.2) is 0 Å². The van der Waals surface area contributed by atoms with E-state index in [2.05, 4.69) is 20.0 Å². The zero-order chi connectivity index (χ0) is 15.3. The van der Waals surface area contributed by atoms with Gasteiger partial charge in [-0.1, -0.05) is 13.0 Å². The number of pyridine rings is 1. The third kappa shape index (κ3) is 4.38. The maximum absolute atomic E-state index is 12.2. The minimum absolute atomic E-state index is 0.178. The van der Waals surface area contributed by atoms with Crippen molar-refractivity contribution in [3.05, 3.63) is 47.5 Å². The molecule has 0 aromatic carbocycles. The van der Waals surface area contributed by atoms with E-state index in [9.17, 15) is 8.42 Å². The van der Waals surface area contributed by atoms with Crippen LogP contribution in [0.5, 0.6) is 0 Å². The second-order valence-corrected chi connectivity index (χ2v) is 6.50. The van der Waals surface area contributed by atoms with Gasteiger partial charge in [-0.15, -0.1) is 0 Å². The van der Waals surface area contributed by atoms with E-state index in [1.807, 2.05) is 26.0 Å². The molecule has 0 fully saturated rings. The molecule has 21 heavy (non-hydrogen) atoms. The summed E-state index contributed by atoms with van der Waals surface area (Å²) in [5.41, 5.74) is 2.40. The Morgan fingerprint density at radius 3 is 2.81 bits per heavy atom. The molecule has 0 bridgehead atoms. The lowest BCUT2D eigenvalue weighted by molar-refractivity contribution is 0.580. The smallest absolute Gasteiger partial charge is 0.242 e. The topological polar surface area (TPSA) is 86.9 Å². The van der Waals surface area contributed by atoms with Crippen LogP contribution in [-0.2, 0) is 23.1 Å². The van der Waals surface area contributed by atoms with E-state index in [0.29, 0.717) is 12.2 Å². The molecule has 0 amide bonds. The summed E-state index contributed by atoms with van der Waals surface area (Å²) in [7, 11) is -3.52. The molecular formula is C14H20N4O2S. The molecule has 0 aliphatic carbocycles. The molecule has 0 atom stereocenters. The largest absolute Gasteiger partial charge is 0.363 e. The molecule has 2 rings (SSSR count). The molecule has 7 heteroatoms. The summed E-state index contributed by atoms with van der Waals surface area (Å²) in [4.78, 5) is 7.47. The third-order valence-corrected chi connectivity index (χ3v) is 4.36. The highest BCUT2D eigenvalue weighted by Crippen LogP contribution is 2.11. The first-order valence-corrected chi connectivity index (χ1v) is 8.30. The number of hydrogen-bond donors (Lipinski definition) is 3. The van der Waals surface area contributed by atoms with Gasteiger partial charge in [-0.05, 0) is 31.7 Å². The van der Waals surface area contributed by atoms with Crippen LogP contribution in [0.4, 0.5) is 0 Å². The minimum atomic E-state index is -3.52. The lowest BCUT2D eigenvalue weighted by Gasteiger charge is -2.05. The standard InChI is InChI=1S/C14H20N4O2S/c1-3-15-8-13-7-14(10-16-13)21(19,20)17-9-12-6-4-5-11(2)18-12/h4-7,10,15-17H,3,8-9H2,1-2H3. The molecule has 0 saturated heterocycles. The number of aryl methyl sites for hydroxylation is 1. The van der Waals surface area contributed by atoms with Gasteiger partial charge in [0, 0.05) is 24.1 Å². The van der Waals surface area contributed by atoms with E-state index in [1.165, 1.54) is 6.20 Å². The van der Waals surface area contributed by atoms with Crippen LogP contribution in [0.3, 0.4) is 0 Å². The molecule has 114 valence electrons. The van der Waals surface area contributed by atoms with Crippen molar-refractivity contribution in [3.63, 3.8) is 0 Å². The van der Waals surface area contributed by atoms with Crippen molar-refractivity contribution >= 4 is 10.0 Å². The van der Waals surface area contributed by atoms with Crippen molar-refractivity contribution in [1.82, 2.24) is 20.0 Å². The number of aromatic nitrogens is 2. The van der Waals surface area contributed by atoms with Crippen LogP contribution in [0.1, 0.15) is 24.0 Å². The molecule has 2 aromatic rings. The fourth-order valence-electron chi connectivity index (χ4n) is 1.89. The maximum atomic E-state index is 12.2.